The van der Waals surface area contributed by atoms with Crippen molar-refractivity contribution in [2.24, 2.45) is 17.6 Å². The van der Waals surface area contributed by atoms with Crippen LogP contribution in [0.15, 0.2) is 6.20 Å². The van der Waals surface area contributed by atoms with Crippen molar-refractivity contribution in [3.05, 3.63) is 17.5 Å². The highest BCUT2D eigenvalue weighted by Gasteiger charge is 2.44. The van der Waals surface area contributed by atoms with Gasteiger partial charge in [0.25, 0.3) is 0 Å². The van der Waals surface area contributed by atoms with Gasteiger partial charge in [-0.2, -0.15) is 5.10 Å². The standard InChI is InChI=1S/C15H24N4O/c1-3-4-19-9(2)12(15(16)20)5-10-6-13-11(7-14(10)19)8-17-18-13/h8-10,12,14H,3-7H2,1-2H3,(H2,16,20)(H,17,18). The number of hydrogen-bond acceptors (Lipinski definition) is 3. The second kappa shape index (κ2) is 5.20. The summed E-state index contributed by atoms with van der Waals surface area (Å²) in [6, 6.07) is 0.785. The molecule has 110 valence electrons. The van der Waals surface area contributed by atoms with E-state index >= 15 is 0 Å². The molecule has 5 nitrogen and oxygen atoms in total. The first-order valence-electron chi connectivity index (χ1n) is 7.68. The predicted octanol–water partition coefficient (Wildman–Crippen LogP) is 1.10. The molecule has 0 radical (unpaired) electrons. The molecule has 1 saturated heterocycles. The number of amides is 1. The molecule has 1 aromatic heterocycles. The van der Waals surface area contributed by atoms with Gasteiger partial charge in [-0.15, -0.1) is 0 Å². The van der Waals surface area contributed by atoms with Crippen LogP contribution in [0.3, 0.4) is 0 Å². The summed E-state index contributed by atoms with van der Waals surface area (Å²) in [5, 5.41) is 7.28. The molecular formula is C15H24N4O. The molecule has 5 heteroatoms. The van der Waals surface area contributed by atoms with E-state index in [1.54, 1.807) is 0 Å². The van der Waals surface area contributed by atoms with E-state index in [0.717, 1.165) is 32.2 Å². The lowest BCUT2D eigenvalue weighted by molar-refractivity contribution is -0.128. The first-order valence-corrected chi connectivity index (χ1v) is 7.68. The maximum atomic E-state index is 11.8. The van der Waals surface area contributed by atoms with Crippen molar-refractivity contribution in [1.82, 2.24) is 15.1 Å². The minimum atomic E-state index is -0.146. The quantitative estimate of drug-likeness (QED) is 0.868. The van der Waals surface area contributed by atoms with Gasteiger partial charge in [0.15, 0.2) is 0 Å². The maximum absolute atomic E-state index is 11.8. The van der Waals surface area contributed by atoms with Gasteiger partial charge in [-0.05, 0) is 50.6 Å². The predicted molar refractivity (Wildman–Crippen MR) is 77.0 cm³/mol. The molecule has 0 aromatic carbocycles. The second-order valence-electron chi connectivity index (χ2n) is 6.33. The number of piperidine rings is 1. The van der Waals surface area contributed by atoms with Crippen molar-refractivity contribution < 1.29 is 4.79 Å². The summed E-state index contributed by atoms with van der Waals surface area (Å²) < 4.78 is 0. The Hall–Kier alpha value is -1.36. The molecule has 20 heavy (non-hydrogen) atoms. The Labute approximate surface area is 119 Å². The highest BCUT2D eigenvalue weighted by Crippen LogP contribution is 2.39. The number of rotatable bonds is 3. The number of likely N-dealkylation sites (tertiary alicyclic amines) is 1. The first kappa shape index (κ1) is 13.6. The van der Waals surface area contributed by atoms with Crippen molar-refractivity contribution in [1.29, 1.82) is 0 Å². The van der Waals surface area contributed by atoms with Crippen LogP contribution < -0.4 is 5.73 Å². The molecule has 3 N–H and O–H groups in total. The Kier molecular flexibility index (Phi) is 3.54. The van der Waals surface area contributed by atoms with Crippen LogP contribution in [0.4, 0.5) is 0 Å². The summed E-state index contributed by atoms with van der Waals surface area (Å²) in [4.78, 5) is 14.3. The highest BCUT2D eigenvalue weighted by molar-refractivity contribution is 5.77. The van der Waals surface area contributed by atoms with Gasteiger partial charge in [-0.25, -0.2) is 0 Å². The summed E-state index contributed by atoms with van der Waals surface area (Å²) in [6.07, 6.45) is 6.03. The Balaban J connectivity index is 1.90. The van der Waals surface area contributed by atoms with E-state index in [-0.39, 0.29) is 17.9 Å². The lowest BCUT2D eigenvalue weighted by atomic mass is 9.71. The number of fused-ring (bicyclic) bond motifs is 2. The molecule has 2 aliphatic rings. The molecule has 4 atom stereocenters. The number of carbonyl (C=O) groups excluding carboxylic acids is 1. The van der Waals surface area contributed by atoms with Crippen molar-refractivity contribution in [3.63, 3.8) is 0 Å². The van der Waals surface area contributed by atoms with Crippen LogP contribution >= 0.6 is 0 Å². The number of carbonyl (C=O) groups is 1. The van der Waals surface area contributed by atoms with E-state index in [2.05, 4.69) is 28.9 Å². The number of aromatic nitrogens is 2. The first-order chi connectivity index (χ1) is 9.61. The van der Waals surface area contributed by atoms with E-state index < -0.39 is 0 Å². The summed E-state index contributed by atoms with van der Waals surface area (Å²) >= 11 is 0. The van der Waals surface area contributed by atoms with E-state index in [0.29, 0.717) is 12.0 Å². The Bertz CT molecular complexity index is 498. The van der Waals surface area contributed by atoms with Crippen LogP contribution in [0.2, 0.25) is 0 Å². The summed E-state index contributed by atoms with van der Waals surface area (Å²) in [6.45, 7) is 5.40. The third-order valence-electron chi connectivity index (χ3n) is 5.18. The average Bonchev–Trinajstić information content (AvgIpc) is 2.86. The van der Waals surface area contributed by atoms with E-state index in [1.165, 1.54) is 11.3 Å². The minimum Gasteiger partial charge on any atom is -0.369 e. The van der Waals surface area contributed by atoms with Crippen LogP contribution in [0.5, 0.6) is 0 Å². The van der Waals surface area contributed by atoms with Crippen LogP contribution in [0.25, 0.3) is 0 Å². The number of nitrogens with one attached hydrogen (secondary N) is 1. The topological polar surface area (TPSA) is 75.0 Å². The van der Waals surface area contributed by atoms with Gasteiger partial charge < -0.3 is 5.73 Å². The van der Waals surface area contributed by atoms with Crippen molar-refractivity contribution in [2.75, 3.05) is 6.54 Å². The monoisotopic (exact) mass is 276 g/mol. The minimum absolute atomic E-state index is 0.0210. The smallest absolute Gasteiger partial charge is 0.222 e. The average molecular weight is 276 g/mol. The highest BCUT2D eigenvalue weighted by atomic mass is 16.1. The zero-order chi connectivity index (χ0) is 14.3. The van der Waals surface area contributed by atoms with Gasteiger partial charge in [-0.1, -0.05) is 6.92 Å². The Morgan fingerprint density at radius 2 is 2.35 bits per heavy atom. The van der Waals surface area contributed by atoms with Gasteiger partial charge in [0.2, 0.25) is 5.91 Å². The normalized spacial score (nSPS) is 33.5. The fourth-order valence-corrected chi connectivity index (χ4v) is 4.15. The van der Waals surface area contributed by atoms with E-state index in [4.69, 9.17) is 5.73 Å². The number of H-pyrrole nitrogens is 1. The van der Waals surface area contributed by atoms with E-state index in [1.807, 2.05) is 6.20 Å². The van der Waals surface area contributed by atoms with Crippen molar-refractivity contribution >= 4 is 5.91 Å². The molecule has 0 bridgehead atoms. The van der Waals surface area contributed by atoms with Gasteiger partial charge >= 0.3 is 0 Å². The summed E-state index contributed by atoms with van der Waals surface area (Å²) in [5.41, 5.74) is 8.22. The fourth-order valence-electron chi connectivity index (χ4n) is 4.15. The zero-order valence-corrected chi connectivity index (χ0v) is 12.3. The van der Waals surface area contributed by atoms with Crippen molar-refractivity contribution in [2.45, 2.75) is 51.6 Å². The lowest BCUT2D eigenvalue weighted by Gasteiger charge is -2.50. The van der Waals surface area contributed by atoms with Crippen LogP contribution in [0.1, 0.15) is 37.9 Å². The Morgan fingerprint density at radius 3 is 3.05 bits per heavy atom. The van der Waals surface area contributed by atoms with Crippen molar-refractivity contribution in [3.8, 4) is 0 Å². The van der Waals surface area contributed by atoms with Gasteiger partial charge in [-0.3, -0.25) is 14.8 Å². The molecule has 1 aromatic rings. The summed E-state index contributed by atoms with van der Waals surface area (Å²) in [7, 11) is 0. The lowest BCUT2D eigenvalue weighted by Crippen LogP contribution is -2.59. The molecule has 0 spiro atoms. The van der Waals surface area contributed by atoms with Gasteiger partial charge in [0, 0.05) is 17.8 Å². The SMILES string of the molecule is CCCN1C(C)C(C(N)=O)CC2Cc3[nH]ncc3CC21. The third kappa shape index (κ3) is 2.14. The number of hydrogen-bond donors (Lipinski definition) is 2. The number of nitrogens with zero attached hydrogens (tertiary/aromatic N) is 2. The molecule has 1 amide bonds. The van der Waals surface area contributed by atoms with Gasteiger partial charge in [0.1, 0.15) is 0 Å². The fraction of sp³-hybridized carbons (Fsp3) is 0.733. The largest absolute Gasteiger partial charge is 0.369 e. The van der Waals surface area contributed by atoms with Crippen LogP contribution in [-0.2, 0) is 17.6 Å². The van der Waals surface area contributed by atoms with Crippen LogP contribution in [-0.4, -0.2) is 39.6 Å². The Morgan fingerprint density at radius 1 is 1.55 bits per heavy atom. The van der Waals surface area contributed by atoms with E-state index in [9.17, 15) is 4.79 Å². The maximum Gasteiger partial charge on any atom is 0.222 e. The van der Waals surface area contributed by atoms with Crippen LogP contribution in [0, 0.1) is 11.8 Å². The number of aromatic amines is 1. The van der Waals surface area contributed by atoms with Gasteiger partial charge in [0.05, 0.1) is 12.1 Å². The number of primary amides is 1. The molecule has 1 aliphatic heterocycles. The summed E-state index contributed by atoms with van der Waals surface area (Å²) in [5.74, 6) is 0.350. The molecular weight excluding hydrogens is 252 g/mol. The third-order valence-corrected chi connectivity index (χ3v) is 5.18. The zero-order valence-electron chi connectivity index (χ0n) is 12.3. The molecule has 0 saturated carbocycles. The molecule has 1 aliphatic carbocycles. The second-order valence-corrected chi connectivity index (χ2v) is 6.33. The molecule has 2 heterocycles. The molecule has 1 fully saturated rings. The molecule has 3 rings (SSSR count). The number of nitrogens with two attached hydrogens (primary N) is 1. The molecule has 4 unspecified atom stereocenters.